The molecule has 0 aromatic carbocycles. The van der Waals surface area contributed by atoms with E-state index in [2.05, 4.69) is 15.5 Å². The quantitative estimate of drug-likeness (QED) is 0.803. The average molecular weight is 246 g/mol. The molecule has 0 bridgehead atoms. The topological polar surface area (TPSA) is 43.6 Å². The van der Waals surface area contributed by atoms with Crippen LogP contribution in [-0.4, -0.2) is 26.4 Å². The SMILES string of the molecule is FC(F)(F)C1(Cn2cnnn2)CC2(CCC2)C1. The molecule has 0 aliphatic heterocycles. The third-order valence-corrected chi connectivity index (χ3v) is 4.30. The molecule has 2 saturated carbocycles. The molecule has 94 valence electrons. The lowest BCUT2D eigenvalue weighted by molar-refractivity contribution is -0.300. The molecule has 2 aliphatic carbocycles. The van der Waals surface area contributed by atoms with Crippen molar-refractivity contribution < 1.29 is 13.2 Å². The van der Waals surface area contributed by atoms with Crippen molar-refractivity contribution in [3.8, 4) is 0 Å². The predicted octanol–water partition coefficient (Wildman–Crippen LogP) is 2.19. The molecule has 7 heteroatoms. The Labute approximate surface area is 96.2 Å². The first kappa shape index (κ1) is 11.0. The van der Waals surface area contributed by atoms with Gasteiger partial charge in [0, 0.05) is 0 Å². The number of tetrazole rings is 1. The molecule has 1 spiro atoms. The van der Waals surface area contributed by atoms with Crippen molar-refractivity contribution in [2.75, 3.05) is 0 Å². The fourth-order valence-corrected chi connectivity index (χ4v) is 3.38. The Morgan fingerprint density at radius 3 is 2.35 bits per heavy atom. The fraction of sp³-hybridized carbons (Fsp3) is 0.900. The second kappa shape index (κ2) is 3.20. The van der Waals surface area contributed by atoms with Gasteiger partial charge in [-0.15, -0.1) is 5.10 Å². The Morgan fingerprint density at radius 2 is 1.94 bits per heavy atom. The van der Waals surface area contributed by atoms with Crippen molar-refractivity contribution >= 4 is 0 Å². The molecule has 0 N–H and O–H groups in total. The van der Waals surface area contributed by atoms with Gasteiger partial charge in [-0.25, -0.2) is 4.68 Å². The first-order chi connectivity index (χ1) is 7.95. The summed E-state index contributed by atoms with van der Waals surface area (Å²) in [7, 11) is 0. The normalized spacial score (nSPS) is 25.4. The van der Waals surface area contributed by atoms with Crippen LogP contribution in [0.2, 0.25) is 0 Å². The van der Waals surface area contributed by atoms with E-state index in [-0.39, 0.29) is 24.8 Å². The third kappa shape index (κ3) is 1.55. The van der Waals surface area contributed by atoms with Gasteiger partial charge in [-0.1, -0.05) is 6.42 Å². The highest BCUT2D eigenvalue weighted by atomic mass is 19.4. The molecule has 1 aromatic heterocycles. The molecule has 0 saturated heterocycles. The van der Waals surface area contributed by atoms with Crippen LogP contribution in [0.15, 0.2) is 6.33 Å². The van der Waals surface area contributed by atoms with Gasteiger partial charge in [0.15, 0.2) is 0 Å². The number of halogens is 3. The zero-order chi connectivity index (χ0) is 12.1. The number of aromatic nitrogens is 4. The first-order valence-corrected chi connectivity index (χ1v) is 5.72. The lowest BCUT2D eigenvalue weighted by Gasteiger charge is -2.61. The Morgan fingerprint density at radius 1 is 1.24 bits per heavy atom. The smallest absolute Gasteiger partial charge is 0.232 e. The minimum Gasteiger partial charge on any atom is -0.232 e. The molecule has 2 fully saturated rings. The van der Waals surface area contributed by atoms with Gasteiger partial charge in [-0.2, -0.15) is 13.2 Å². The molecular formula is C10H13F3N4. The molecule has 0 radical (unpaired) electrons. The van der Waals surface area contributed by atoms with Crippen LogP contribution in [0.1, 0.15) is 32.1 Å². The van der Waals surface area contributed by atoms with Gasteiger partial charge in [0.25, 0.3) is 0 Å². The summed E-state index contributed by atoms with van der Waals surface area (Å²) in [4.78, 5) is 0. The monoisotopic (exact) mass is 246 g/mol. The van der Waals surface area contributed by atoms with Gasteiger partial charge in [-0.05, 0) is 41.5 Å². The second-order valence-electron chi connectivity index (χ2n) is 5.49. The van der Waals surface area contributed by atoms with E-state index < -0.39 is 11.6 Å². The maximum Gasteiger partial charge on any atom is 0.396 e. The number of hydrogen-bond acceptors (Lipinski definition) is 3. The van der Waals surface area contributed by atoms with E-state index in [0.717, 1.165) is 19.3 Å². The van der Waals surface area contributed by atoms with Crippen molar-refractivity contribution in [3.63, 3.8) is 0 Å². The van der Waals surface area contributed by atoms with E-state index in [9.17, 15) is 13.2 Å². The highest BCUT2D eigenvalue weighted by Crippen LogP contribution is 2.69. The molecule has 3 rings (SSSR count). The lowest BCUT2D eigenvalue weighted by Crippen LogP contribution is -2.59. The summed E-state index contributed by atoms with van der Waals surface area (Å²) >= 11 is 0. The third-order valence-electron chi connectivity index (χ3n) is 4.30. The average Bonchev–Trinajstić information content (AvgIpc) is 2.57. The molecule has 1 aromatic rings. The summed E-state index contributed by atoms with van der Waals surface area (Å²) in [5.41, 5.74) is -1.63. The van der Waals surface area contributed by atoms with Crippen molar-refractivity contribution in [1.29, 1.82) is 0 Å². The standard InChI is InChI=1S/C10H13F3N4/c11-10(12,13)9(6-17-7-14-15-16-17)4-8(5-9)2-1-3-8/h7H,1-6H2. The van der Waals surface area contributed by atoms with Gasteiger partial charge in [0.1, 0.15) is 6.33 Å². The zero-order valence-corrected chi connectivity index (χ0v) is 9.24. The van der Waals surface area contributed by atoms with Crippen molar-refractivity contribution in [2.45, 2.75) is 44.8 Å². The molecule has 1 heterocycles. The Balaban J connectivity index is 1.79. The first-order valence-electron chi connectivity index (χ1n) is 5.72. The van der Waals surface area contributed by atoms with Crippen LogP contribution in [0, 0.1) is 10.8 Å². The van der Waals surface area contributed by atoms with Crippen LogP contribution in [0.5, 0.6) is 0 Å². The van der Waals surface area contributed by atoms with Crippen molar-refractivity contribution in [1.82, 2.24) is 20.2 Å². The van der Waals surface area contributed by atoms with Crippen molar-refractivity contribution in [3.05, 3.63) is 6.33 Å². The van der Waals surface area contributed by atoms with Gasteiger partial charge >= 0.3 is 6.18 Å². The molecule has 4 nitrogen and oxygen atoms in total. The largest absolute Gasteiger partial charge is 0.396 e. The molecule has 0 amide bonds. The highest BCUT2D eigenvalue weighted by Gasteiger charge is 2.68. The summed E-state index contributed by atoms with van der Waals surface area (Å²) in [6.45, 7) is -0.148. The van der Waals surface area contributed by atoms with Gasteiger partial charge in [0.2, 0.25) is 0 Å². The lowest BCUT2D eigenvalue weighted by atomic mass is 9.45. The maximum absolute atomic E-state index is 13.2. The minimum atomic E-state index is -4.17. The van der Waals surface area contributed by atoms with Crippen molar-refractivity contribution in [2.24, 2.45) is 10.8 Å². The number of nitrogens with zero attached hydrogens (tertiary/aromatic N) is 4. The van der Waals surface area contributed by atoms with Crippen LogP contribution < -0.4 is 0 Å². The van der Waals surface area contributed by atoms with Gasteiger partial charge < -0.3 is 0 Å². The zero-order valence-electron chi connectivity index (χ0n) is 9.24. The van der Waals surface area contributed by atoms with Crippen LogP contribution in [0.3, 0.4) is 0 Å². The van der Waals surface area contributed by atoms with Crippen LogP contribution in [0.4, 0.5) is 13.2 Å². The molecule has 17 heavy (non-hydrogen) atoms. The van der Waals surface area contributed by atoms with E-state index in [1.165, 1.54) is 11.0 Å². The van der Waals surface area contributed by atoms with Crippen LogP contribution >= 0.6 is 0 Å². The van der Waals surface area contributed by atoms with E-state index in [1.54, 1.807) is 0 Å². The van der Waals surface area contributed by atoms with E-state index in [0.29, 0.717) is 0 Å². The van der Waals surface area contributed by atoms with Gasteiger partial charge in [-0.3, -0.25) is 0 Å². The molecule has 0 atom stereocenters. The summed E-state index contributed by atoms with van der Waals surface area (Å²) in [6, 6.07) is 0. The molecular weight excluding hydrogens is 233 g/mol. The van der Waals surface area contributed by atoms with E-state index in [4.69, 9.17) is 0 Å². The molecule has 2 aliphatic rings. The minimum absolute atomic E-state index is 0.0243. The maximum atomic E-state index is 13.2. The number of hydrogen-bond donors (Lipinski definition) is 0. The summed E-state index contributed by atoms with van der Waals surface area (Å²) < 4.78 is 40.7. The molecule has 0 unspecified atom stereocenters. The predicted molar refractivity (Wildman–Crippen MR) is 51.8 cm³/mol. The van der Waals surface area contributed by atoms with Crippen LogP contribution in [-0.2, 0) is 6.54 Å². The van der Waals surface area contributed by atoms with Crippen LogP contribution in [0.25, 0.3) is 0 Å². The van der Waals surface area contributed by atoms with Gasteiger partial charge in [0.05, 0.1) is 12.0 Å². The van der Waals surface area contributed by atoms with E-state index in [1.807, 2.05) is 0 Å². The number of alkyl halides is 3. The Hall–Kier alpha value is -1.14. The summed E-state index contributed by atoms with van der Waals surface area (Å²) in [5, 5.41) is 10.3. The Bertz CT molecular complexity index is 400. The summed E-state index contributed by atoms with van der Waals surface area (Å²) in [5.74, 6) is 0. The highest BCUT2D eigenvalue weighted by molar-refractivity contribution is 5.09. The van der Waals surface area contributed by atoms with E-state index >= 15 is 0 Å². The second-order valence-corrected chi connectivity index (χ2v) is 5.49. The fourth-order valence-electron chi connectivity index (χ4n) is 3.38. The number of rotatable bonds is 2. The Kier molecular flexibility index (Phi) is 2.07. The summed E-state index contributed by atoms with van der Waals surface area (Å²) in [6.07, 6.45) is 0.519.